The van der Waals surface area contributed by atoms with Crippen molar-refractivity contribution in [2.75, 3.05) is 6.54 Å². The Morgan fingerprint density at radius 1 is 1.42 bits per heavy atom. The molecule has 12 heavy (non-hydrogen) atoms. The molecule has 1 unspecified atom stereocenters. The zero-order chi connectivity index (χ0) is 8.39. The molecule has 1 aliphatic rings. The third kappa shape index (κ3) is 1.68. The molecule has 0 aliphatic carbocycles. The first-order valence-corrected chi connectivity index (χ1v) is 4.89. The summed E-state index contributed by atoms with van der Waals surface area (Å²) in [6.07, 6.45) is 1.16. The second kappa shape index (κ2) is 3.56. The quantitative estimate of drug-likeness (QED) is 0.766. The predicted octanol–water partition coefficient (Wildman–Crippen LogP) is 1.99. The third-order valence-corrected chi connectivity index (χ3v) is 2.58. The maximum absolute atomic E-state index is 3.46. The summed E-state index contributed by atoms with van der Waals surface area (Å²) in [5.41, 5.74) is 7.70. The average molecular weight is 227 g/mol. The lowest BCUT2D eigenvalue weighted by Gasteiger charge is -2.09. The molecule has 1 aromatic rings. The van der Waals surface area contributed by atoms with Crippen molar-refractivity contribution >= 4 is 15.9 Å². The van der Waals surface area contributed by atoms with Crippen LogP contribution in [0.5, 0.6) is 0 Å². The fourth-order valence-corrected chi connectivity index (χ4v) is 1.87. The van der Waals surface area contributed by atoms with E-state index in [-0.39, 0.29) is 0 Å². The molecule has 1 fully saturated rings. The molecule has 0 radical (unpaired) electrons. The second-order valence-electron chi connectivity index (χ2n) is 2.97. The topological polar surface area (TPSA) is 24.1 Å². The van der Waals surface area contributed by atoms with E-state index in [2.05, 4.69) is 45.0 Å². The van der Waals surface area contributed by atoms with Crippen LogP contribution in [-0.2, 0) is 0 Å². The Balaban J connectivity index is 2.21. The lowest BCUT2D eigenvalue weighted by molar-refractivity contribution is 0.581. The largest absolute Gasteiger partial charge is 0.257 e. The Labute approximate surface area is 80.5 Å². The average Bonchev–Trinajstić information content (AvgIpc) is 2.56. The van der Waals surface area contributed by atoms with Crippen molar-refractivity contribution in [1.29, 1.82) is 0 Å². The van der Waals surface area contributed by atoms with Gasteiger partial charge >= 0.3 is 0 Å². The normalized spacial score (nSPS) is 22.9. The van der Waals surface area contributed by atoms with Crippen molar-refractivity contribution in [2.24, 2.45) is 0 Å². The van der Waals surface area contributed by atoms with E-state index in [9.17, 15) is 0 Å². The molecule has 2 nitrogen and oxygen atoms in total. The van der Waals surface area contributed by atoms with Crippen molar-refractivity contribution in [3.05, 3.63) is 34.3 Å². The fraction of sp³-hybridized carbons (Fsp3) is 0.333. The molecule has 0 bridgehead atoms. The van der Waals surface area contributed by atoms with E-state index in [1.54, 1.807) is 0 Å². The van der Waals surface area contributed by atoms with Crippen LogP contribution in [-0.4, -0.2) is 6.54 Å². The van der Waals surface area contributed by atoms with Crippen LogP contribution in [0, 0.1) is 0 Å². The smallest absolute Gasteiger partial charge is 0.0475 e. The van der Waals surface area contributed by atoms with Crippen LogP contribution in [0.25, 0.3) is 0 Å². The summed E-state index contributed by atoms with van der Waals surface area (Å²) in [4.78, 5) is 0. The molecular formula is C9H11BrN2. The highest BCUT2D eigenvalue weighted by atomic mass is 79.9. The minimum Gasteiger partial charge on any atom is -0.257 e. The minimum atomic E-state index is 0.475. The highest BCUT2D eigenvalue weighted by Crippen LogP contribution is 2.21. The zero-order valence-electron chi connectivity index (χ0n) is 6.68. The van der Waals surface area contributed by atoms with Gasteiger partial charge in [-0.2, -0.15) is 0 Å². The van der Waals surface area contributed by atoms with Crippen molar-refractivity contribution in [3.8, 4) is 0 Å². The van der Waals surface area contributed by atoms with E-state index in [4.69, 9.17) is 0 Å². The van der Waals surface area contributed by atoms with Gasteiger partial charge in [-0.25, -0.2) is 0 Å². The van der Waals surface area contributed by atoms with Gasteiger partial charge in [0.05, 0.1) is 0 Å². The monoisotopic (exact) mass is 226 g/mol. The van der Waals surface area contributed by atoms with Gasteiger partial charge in [0.2, 0.25) is 0 Å². The van der Waals surface area contributed by atoms with Crippen LogP contribution in [0.3, 0.4) is 0 Å². The number of benzene rings is 1. The number of rotatable bonds is 1. The molecule has 2 rings (SSSR count). The SMILES string of the molecule is Brc1cccc(C2CCNN2)c1. The molecular weight excluding hydrogens is 216 g/mol. The number of halogens is 1. The maximum Gasteiger partial charge on any atom is 0.0475 e. The molecule has 1 aromatic carbocycles. The van der Waals surface area contributed by atoms with Gasteiger partial charge in [0.25, 0.3) is 0 Å². The highest BCUT2D eigenvalue weighted by molar-refractivity contribution is 9.10. The van der Waals surface area contributed by atoms with Gasteiger partial charge in [-0.3, -0.25) is 10.9 Å². The third-order valence-electron chi connectivity index (χ3n) is 2.09. The molecule has 1 aliphatic heterocycles. The van der Waals surface area contributed by atoms with Gasteiger partial charge < -0.3 is 0 Å². The van der Waals surface area contributed by atoms with Crippen molar-refractivity contribution in [3.63, 3.8) is 0 Å². The molecule has 0 saturated carbocycles. The highest BCUT2D eigenvalue weighted by Gasteiger charge is 2.15. The van der Waals surface area contributed by atoms with E-state index in [0.29, 0.717) is 6.04 Å². The Morgan fingerprint density at radius 3 is 3.00 bits per heavy atom. The van der Waals surface area contributed by atoms with Crippen LogP contribution >= 0.6 is 15.9 Å². The molecule has 2 N–H and O–H groups in total. The number of hydrazine groups is 1. The minimum absolute atomic E-state index is 0.475. The molecule has 0 amide bonds. The summed E-state index contributed by atoms with van der Waals surface area (Å²) in [5.74, 6) is 0. The molecule has 0 aromatic heterocycles. The van der Waals surface area contributed by atoms with Gasteiger partial charge in [-0.05, 0) is 24.1 Å². The van der Waals surface area contributed by atoms with Gasteiger partial charge in [0, 0.05) is 17.1 Å². The Kier molecular flexibility index (Phi) is 2.44. The summed E-state index contributed by atoms with van der Waals surface area (Å²) in [7, 11) is 0. The first-order valence-electron chi connectivity index (χ1n) is 4.10. The van der Waals surface area contributed by atoms with Crippen LogP contribution < -0.4 is 10.9 Å². The summed E-state index contributed by atoms with van der Waals surface area (Å²) in [6.45, 7) is 1.05. The van der Waals surface area contributed by atoms with E-state index >= 15 is 0 Å². The summed E-state index contributed by atoms with van der Waals surface area (Å²) in [5, 5.41) is 0. The lowest BCUT2D eigenvalue weighted by Crippen LogP contribution is -2.24. The lowest BCUT2D eigenvalue weighted by atomic mass is 10.1. The van der Waals surface area contributed by atoms with Gasteiger partial charge in [-0.1, -0.05) is 28.1 Å². The number of hydrogen-bond donors (Lipinski definition) is 2. The Hall–Kier alpha value is -0.380. The van der Waals surface area contributed by atoms with Crippen LogP contribution in [0.4, 0.5) is 0 Å². The van der Waals surface area contributed by atoms with Crippen molar-refractivity contribution < 1.29 is 0 Å². The van der Waals surface area contributed by atoms with Crippen LogP contribution in [0.1, 0.15) is 18.0 Å². The first kappa shape index (κ1) is 8.23. The molecule has 1 heterocycles. The number of hydrogen-bond acceptors (Lipinski definition) is 2. The van der Waals surface area contributed by atoms with E-state index in [1.807, 2.05) is 6.07 Å². The van der Waals surface area contributed by atoms with E-state index in [1.165, 1.54) is 5.56 Å². The Morgan fingerprint density at radius 2 is 2.33 bits per heavy atom. The molecule has 3 heteroatoms. The Bertz CT molecular complexity index is 269. The first-order chi connectivity index (χ1) is 5.86. The standard InChI is InChI=1S/C9H11BrN2/c10-8-3-1-2-7(6-8)9-4-5-11-12-9/h1-3,6,9,11-12H,4-5H2. The van der Waals surface area contributed by atoms with Crippen molar-refractivity contribution in [2.45, 2.75) is 12.5 Å². The molecule has 0 spiro atoms. The summed E-state index contributed by atoms with van der Waals surface area (Å²) in [6, 6.07) is 8.90. The zero-order valence-corrected chi connectivity index (χ0v) is 8.26. The second-order valence-corrected chi connectivity index (χ2v) is 3.88. The fourth-order valence-electron chi connectivity index (χ4n) is 1.46. The number of nitrogens with one attached hydrogen (secondary N) is 2. The summed E-state index contributed by atoms with van der Waals surface area (Å²) < 4.78 is 1.15. The van der Waals surface area contributed by atoms with Gasteiger partial charge in [-0.15, -0.1) is 0 Å². The molecule has 1 atom stereocenters. The van der Waals surface area contributed by atoms with Crippen LogP contribution in [0.2, 0.25) is 0 Å². The van der Waals surface area contributed by atoms with E-state index in [0.717, 1.165) is 17.4 Å². The van der Waals surface area contributed by atoms with Crippen LogP contribution in [0.15, 0.2) is 28.7 Å². The van der Waals surface area contributed by atoms with Gasteiger partial charge in [0.1, 0.15) is 0 Å². The predicted molar refractivity (Wildman–Crippen MR) is 52.6 cm³/mol. The maximum atomic E-state index is 3.46. The van der Waals surface area contributed by atoms with E-state index < -0.39 is 0 Å². The molecule has 1 saturated heterocycles. The summed E-state index contributed by atoms with van der Waals surface area (Å²) >= 11 is 3.46. The van der Waals surface area contributed by atoms with Gasteiger partial charge in [0.15, 0.2) is 0 Å². The molecule has 64 valence electrons. The van der Waals surface area contributed by atoms with Crippen molar-refractivity contribution in [1.82, 2.24) is 10.9 Å².